The van der Waals surface area contributed by atoms with E-state index >= 15 is 0 Å². The fourth-order valence-electron chi connectivity index (χ4n) is 2.87. The van der Waals surface area contributed by atoms with E-state index in [0.717, 1.165) is 23.7 Å². The van der Waals surface area contributed by atoms with E-state index in [0.29, 0.717) is 23.3 Å². The zero-order valence-electron chi connectivity index (χ0n) is 11.1. The third-order valence-electron chi connectivity index (χ3n) is 3.92. The van der Waals surface area contributed by atoms with Crippen LogP contribution in [0.2, 0.25) is 0 Å². The van der Waals surface area contributed by atoms with Gasteiger partial charge in [0, 0.05) is 22.6 Å². The molecule has 1 heterocycles. The highest BCUT2D eigenvalue weighted by molar-refractivity contribution is 5.98. The molecule has 100 valence electrons. The molecule has 4 N–H and O–H groups in total. The van der Waals surface area contributed by atoms with Crippen LogP contribution in [0.1, 0.15) is 36.7 Å². The fourth-order valence-corrected chi connectivity index (χ4v) is 2.87. The minimum absolute atomic E-state index is 0.0196. The van der Waals surface area contributed by atoms with Crippen molar-refractivity contribution in [2.24, 2.45) is 5.92 Å². The Bertz CT molecular complexity index is 617. The number of hydrogen-bond donors (Lipinski definition) is 3. The molecule has 1 fully saturated rings. The van der Waals surface area contributed by atoms with Crippen molar-refractivity contribution < 1.29 is 4.79 Å². The summed E-state index contributed by atoms with van der Waals surface area (Å²) in [6, 6.07) is 7.79. The average Bonchev–Trinajstić information content (AvgIpc) is 2.95. The van der Waals surface area contributed by atoms with Gasteiger partial charge in [-0.15, -0.1) is 0 Å². The summed E-state index contributed by atoms with van der Waals surface area (Å²) < 4.78 is 0. The maximum atomic E-state index is 12.2. The molecule has 2 unspecified atom stereocenters. The van der Waals surface area contributed by atoms with Crippen LogP contribution in [0.5, 0.6) is 0 Å². The van der Waals surface area contributed by atoms with Gasteiger partial charge in [-0.25, -0.2) is 0 Å². The third kappa shape index (κ3) is 2.43. The van der Waals surface area contributed by atoms with E-state index in [4.69, 9.17) is 5.73 Å². The Hall–Kier alpha value is -1.97. The largest absolute Gasteiger partial charge is 0.399 e. The summed E-state index contributed by atoms with van der Waals surface area (Å²) in [6.07, 6.45) is 3.37. The van der Waals surface area contributed by atoms with Crippen LogP contribution in [0.25, 0.3) is 10.9 Å². The number of benzene rings is 1. The number of aromatic amines is 1. The molecule has 19 heavy (non-hydrogen) atoms. The predicted molar refractivity (Wildman–Crippen MR) is 77.0 cm³/mol. The molecular weight excluding hydrogens is 238 g/mol. The van der Waals surface area contributed by atoms with Gasteiger partial charge in [0.1, 0.15) is 5.69 Å². The van der Waals surface area contributed by atoms with Crippen LogP contribution in [0, 0.1) is 5.92 Å². The summed E-state index contributed by atoms with van der Waals surface area (Å²) in [7, 11) is 0. The van der Waals surface area contributed by atoms with Crippen LogP contribution >= 0.6 is 0 Å². The van der Waals surface area contributed by atoms with Crippen molar-refractivity contribution in [3.63, 3.8) is 0 Å². The number of nitrogen functional groups attached to an aromatic ring is 1. The highest BCUT2D eigenvalue weighted by Crippen LogP contribution is 2.25. The third-order valence-corrected chi connectivity index (χ3v) is 3.92. The van der Waals surface area contributed by atoms with Crippen LogP contribution in [0.4, 0.5) is 5.69 Å². The Morgan fingerprint density at radius 2 is 2.21 bits per heavy atom. The summed E-state index contributed by atoms with van der Waals surface area (Å²) in [5.74, 6) is 0.696. The number of aromatic nitrogens is 1. The van der Waals surface area contributed by atoms with Crippen LogP contribution < -0.4 is 11.1 Å². The SMILES string of the molecule is CC1CCC(NC(=O)c2cc3cc(N)ccc3[nH]2)C1. The molecule has 1 amide bonds. The monoisotopic (exact) mass is 257 g/mol. The summed E-state index contributed by atoms with van der Waals surface area (Å²) >= 11 is 0. The Morgan fingerprint density at radius 1 is 1.37 bits per heavy atom. The van der Waals surface area contributed by atoms with E-state index in [9.17, 15) is 4.79 Å². The fraction of sp³-hybridized carbons (Fsp3) is 0.400. The molecule has 0 aliphatic heterocycles. The lowest BCUT2D eigenvalue weighted by atomic mass is 10.1. The van der Waals surface area contributed by atoms with Gasteiger partial charge >= 0.3 is 0 Å². The lowest BCUT2D eigenvalue weighted by molar-refractivity contribution is 0.0933. The Balaban J connectivity index is 1.78. The molecular formula is C15H19N3O. The minimum atomic E-state index is -0.0196. The number of fused-ring (bicyclic) bond motifs is 1. The molecule has 1 saturated carbocycles. The van der Waals surface area contributed by atoms with Crippen LogP contribution in [0.3, 0.4) is 0 Å². The second-order valence-electron chi connectivity index (χ2n) is 5.62. The van der Waals surface area contributed by atoms with Gasteiger partial charge in [0.05, 0.1) is 0 Å². The van der Waals surface area contributed by atoms with Gasteiger partial charge in [0.15, 0.2) is 0 Å². The predicted octanol–water partition coefficient (Wildman–Crippen LogP) is 2.67. The van der Waals surface area contributed by atoms with Crippen LogP contribution in [0.15, 0.2) is 24.3 Å². The Kier molecular flexibility index (Phi) is 2.93. The number of anilines is 1. The van der Waals surface area contributed by atoms with Crippen molar-refractivity contribution in [2.75, 3.05) is 5.73 Å². The van der Waals surface area contributed by atoms with Crippen LogP contribution in [-0.4, -0.2) is 16.9 Å². The van der Waals surface area contributed by atoms with E-state index in [2.05, 4.69) is 17.2 Å². The Morgan fingerprint density at radius 3 is 2.95 bits per heavy atom. The van der Waals surface area contributed by atoms with Gasteiger partial charge in [-0.1, -0.05) is 6.92 Å². The van der Waals surface area contributed by atoms with Crippen molar-refractivity contribution >= 4 is 22.5 Å². The zero-order valence-corrected chi connectivity index (χ0v) is 11.1. The summed E-state index contributed by atoms with van der Waals surface area (Å²) in [5, 5.41) is 4.08. The van der Waals surface area contributed by atoms with Gasteiger partial charge in [0.25, 0.3) is 5.91 Å². The highest BCUT2D eigenvalue weighted by atomic mass is 16.1. The number of nitrogens with two attached hydrogens (primary N) is 1. The first-order chi connectivity index (χ1) is 9.11. The summed E-state index contributed by atoms with van der Waals surface area (Å²) in [4.78, 5) is 15.3. The number of amides is 1. The van der Waals surface area contributed by atoms with Gasteiger partial charge < -0.3 is 16.0 Å². The number of rotatable bonds is 2. The molecule has 1 aromatic carbocycles. The normalized spacial score (nSPS) is 22.8. The van der Waals surface area contributed by atoms with Crippen molar-refractivity contribution in [3.8, 4) is 0 Å². The summed E-state index contributed by atoms with van der Waals surface area (Å²) in [5.41, 5.74) is 8.01. The molecule has 2 aromatic rings. The molecule has 2 atom stereocenters. The maximum Gasteiger partial charge on any atom is 0.267 e. The quantitative estimate of drug-likeness (QED) is 0.724. The summed E-state index contributed by atoms with van der Waals surface area (Å²) in [6.45, 7) is 2.23. The van der Waals surface area contributed by atoms with Gasteiger partial charge in [-0.3, -0.25) is 4.79 Å². The minimum Gasteiger partial charge on any atom is -0.399 e. The van der Waals surface area contributed by atoms with Crippen molar-refractivity contribution in [3.05, 3.63) is 30.0 Å². The number of carbonyl (C=O) groups excluding carboxylic acids is 1. The topological polar surface area (TPSA) is 70.9 Å². The van der Waals surface area contributed by atoms with E-state index in [1.54, 1.807) is 0 Å². The van der Waals surface area contributed by atoms with Crippen molar-refractivity contribution in [2.45, 2.75) is 32.2 Å². The van der Waals surface area contributed by atoms with E-state index in [1.165, 1.54) is 6.42 Å². The molecule has 1 aromatic heterocycles. The smallest absolute Gasteiger partial charge is 0.267 e. The maximum absolute atomic E-state index is 12.2. The molecule has 0 saturated heterocycles. The number of hydrogen-bond acceptors (Lipinski definition) is 2. The highest BCUT2D eigenvalue weighted by Gasteiger charge is 2.23. The van der Waals surface area contributed by atoms with E-state index in [-0.39, 0.29) is 5.91 Å². The van der Waals surface area contributed by atoms with Gasteiger partial charge in [0.2, 0.25) is 0 Å². The number of carbonyl (C=O) groups is 1. The van der Waals surface area contributed by atoms with Crippen LogP contribution in [-0.2, 0) is 0 Å². The standard InChI is InChI=1S/C15H19N3O/c1-9-2-4-12(6-9)17-15(19)14-8-10-7-11(16)3-5-13(10)18-14/h3,5,7-9,12,18H,2,4,6,16H2,1H3,(H,17,19). The molecule has 1 aliphatic carbocycles. The average molecular weight is 257 g/mol. The molecule has 0 bridgehead atoms. The molecule has 4 nitrogen and oxygen atoms in total. The van der Waals surface area contributed by atoms with Crippen molar-refractivity contribution in [1.29, 1.82) is 0 Å². The molecule has 4 heteroatoms. The number of nitrogens with one attached hydrogen (secondary N) is 2. The molecule has 3 rings (SSSR count). The first-order valence-corrected chi connectivity index (χ1v) is 6.81. The first-order valence-electron chi connectivity index (χ1n) is 6.81. The zero-order chi connectivity index (χ0) is 13.4. The molecule has 1 aliphatic rings. The lowest BCUT2D eigenvalue weighted by Gasteiger charge is -2.11. The molecule has 0 spiro atoms. The van der Waals surface area contributed by atoms with Crippen molar-refractivity contribution in [1.82, 2.24) is 10.3 Å². The van der Waals surface area contributed by atoms with Gasteiger partial charge in [-0.2, -0.15) is 0 Å². The van der Waals surface area contributed by atoms with E-state index < -0.39 is 0 Å². The second-order valence-corrected chi connectivity index (χ2v) is 5.62. The molecule has 0 radical (unpaired) electrons. The Labute approximate surface area is 112 Å². The lowest BCUT2D eigenvalue weighted by Crippen LogP contribution is -2.33. The second kappa shape index (κ2) is 4.61. The first kappa shape index (κ1) is 12.1. The van der Waals surface area contributed by atoms with Gasteiger partial charge in [-0.05, 0) is 49.4 Å². The van der Waals surface area contributed by atoms with E-state index in [1.807, 2.05) is 24.3 Å². The number of H-pyrrole nitrogens is 1.